The minimum absolute atomic E-state index is 0.0819. The number of nitrogens with zero attached hydrogens (tertiary/aromatic N) is 2. The number of anilines is 1. The zero-order valence-corrected chi connectivity index (χ0v) is 16.7. The van der Waals surface area contributed by atoms with Gasteiger partial charge in [0.25, 0.3) is 20.2 Å². The van der Waals surface area contributed by atoms with Gasteiger partial charge in [-0.3, -0.25) is 9.11 Å². The molecule has 0 atom stereocenters. The lowest BCUT2D eigenvalue weighted by Gasteiger charge is -2.09. The molecule has 3 aromatic rings. The van der Waals surface area contributed by atoms with Gasteiger partial charge in [-0.15, -0.1) is 5.11 Å². The molecule has 3 aromatic carbocycles. The van der Waals surface area contributed by atoms with Gasteiger partial charge in [0.05, 0.1) is 5.69 Å². The van der Waals surface area contributed by atoms with Crippen LogP contribution < -0.4 is 5.73 Å². The lowest BCUT2D eigenvalue weighted by atomic mass is 10.1. The third-order valence-corrected chi connectivity index (χ3v) is 5.89. The van der Waals surface area contributed by atoms with E-state index in [1.165, 1.54) is 36.4 Å². The molecule has 0 saturated carbocycles. The summed E-state index contributed by atoms with van der Waals surface area (Å²) in [5.41, 5.74) is 5.44. The van der Waals surface area contributed by atoms with E-state index in [4.69, 9.17) is 5.73 Å². The molecule has 156 valence electrons. The van der Waals surface area contributed by atoms with Crippen LogP contribution in [0.1, 0.15) is 5.56 Å². The lowest BCUT2D eigenvalue weighted by Crippen LogP contribution is -2.00. The zero-order chi connectivity index (χ0) is 22.3. The molecule has 0 heterocycles. The highest BCUT2D eigenvalue weighted by molar-refractivity contribution is 7.86. The second kappa shape index (κ2) is 7.50. The molecule has 0 aliphatic carbocycles. The van der Waals surface area contributed by atoms with Crippen LogP contribution >= 0.6 is 0 Å². The first-order valence-corrected chi connectivity index (χ1v) is 11.0. The fourth-order valence-electron chi connectivity index (χ4n) is 2.74. The molecule has 0 aliphatic heterocycles. The zero-order valence-electron chi connectivity index (χ0n) is 15.1. The summed E-state index contributed by atoms with van der Waals surface area (Å²) in [5, 5.41) is 18.4. The van der Waals surface area contributed by atoms with Crippen LogP contribution in [0.15, 0.2) is 69.1 Å². The standard InChI is InChI=1S/C18H15N3O7S2/c1-2-10-4-6-13(9-15(10)29(23,24)25)20-21-17-16(30(26,27)28)7-11-3-5-12(19)8-14(11)18(17)22/h2-9,22H,1,19H2,(H,23,24,25)(H,26,27,28). The number of fused-ring (bicyclic) bond motifs is 1. The van der Waals surface area contributed by atoms with Crippen LogP contribution in [0.5, 0.6) is 5.75 Å². The largest absolute Gasteiger partial charge is 0.505 e. The van der Waals surface area contributed by atoms with Crippen LogP contribution in [0.25, 0.3) is 16.8 Å². The number of nitrogen functional groups attached to an aromatic ring is 1. The molecule has 0 fully saturated rings. The Morgan fingerprint density at radius 2 is 1.57 bits per heavy atom. The molecule has 0 aliphatic rings. The van der Waals surface area contributed by atoms with E-state index in [0.29, 0.717) is 0 Å². The van der Waals surface area contributed by atoms with Crippen LogP contribution in [0.4, 0.5) is 17.1 Å². The van der Waals surface area contributed by atoms with E-state index in [0.717, 1.165) is 12.1 Å². The Morgan fingerprint density at radius 3 is 2.17 bits per heavy atom. The summed E-state index contributed by atoms with van der Waals surface area (Å²) in [4.78, 5) is -1.20. The number of phenols is 1. The molecular formula is C18H15N3O7S2. The summed E-state index contributed by atoms with van der Waals surface area (Å²) in [7, 11) is -9.39. The molecule has 0 unspecified atom stereocenters. The topological polar surface area (TPSA) is 180 Å². The van der Waals surface area contributed by atoms with Gasteiger partial charge in [-0.1, -0.05) is 24.8 Å². The van der Waals surface area contributed by atoms with Gasteiger partial charge >= 0.3 is 0 Å². The molecule has 10 nitrogen and oxygen atoms in total. The average Bonchev–Trinajstić information content (AvgIpc) is 2.66. The van der Waals surface area contributed by atoms with Crippen LogP contribution in [0.2, 0.25) is 0 Å². The van der Waals surface area contributed by atoms with Gasteiger partial charge in [-0.25, -0.2) is 0 Å². The molecule has 0 spiro atoms. The second-order valence-electron chi connectivity index (χ2n) is 6.13. The first kappa shape index (κ1) is 21.4. The van der Waals surface area contributed by atoms with Crippen molar-refractivity contribution in [2.24, 2.45) is 10.2 Å². The van der Waals surface area contributed by atoms with Gasteiger partial charge in [0.1, 0.15) is 15.5 Å². The predicted octanol–water partition coefficient (Wildman–Crippen LogP) is 3.68. The molecule has 0 saturated heterocycles. The van der Waals surface area contributed by atoms with E-state index in [1.54, 1.807) is 0 Å². The number of azo groups is 1. The van der Waals surface area contributed by atoms with Crippen molar-refractivity contribution in [1.29, 1.82) is 0 Å². The van der Waals surface area contributed by atoms with E-state index >= 15 is 0 Å². The van der Waals surface area contributed by atoms with Gasteiger partial charge in [0.15, 0.2) is 5.75 Å². The second-order valence-corrected chi connectivity index (χ2v) is 8.91. The Bertz CT molecular complexity index is 1430. The van der Waals surface area contributed by atoms with Gasteiger partial charge in [0.2, 0.25) is 0 Å². The number of benzene rings is 3. The summed E-state index contributed by atoms with van der Waals surface area (Å²) >= 11 is 0. The van der Waals surface area contributed by atoms with Crippen molar-refractivity contribution >= 4 is 54.1 Å². The summed E-state index contributed by atoms with van der Waals surface area (Å²) in [6, 6.07) is 9.02. The Morgan fingerprint density at radius 1 is 0.900 bits per heavy atom. The highest BCUT2D eigenvalue weighted by Crippen LogP contribution is 2.42. The Balaban J connectivity index is 2.24. The van der Waals surface area contributed by atoms with E-state index in [-0.39, 0.29) is 27.7 Å². The lowest BCUT2D eigenvalue weighted by molar-refractivity contribution is 0.472. The summed E-state index contributed by atoms with van der Waals surface area (Å²) in [5.74, 6) is -0.603. The summed E-state index contributed by atoms with van der Waals surface area (Å²) in [6.07, 6.45) is 1.21. The van der Waals surface area contributed by atoms with Crippen LogP contribution in [0.3, 0.4) is 0 Å². The SMILES string of the molecule is C=Cc1ccc(N=Nc2c(S(=O)(=O)O)cc3ccc(N)cc3c2O)cc1S(=O)(=O)O. The molecule has 0 bridgehead atoms. The quantitative estimate of drug-likeness (QED) is 0.258. The number of phenolic OH excluding ortho intramolecular Hbond substituents is 1. The predicted molar refractivity (Wildman–Crippen MR) is 110 cm³/mol. The van der Waals surface area contributed by atoms with E-state index < -0.39 is 41.5 Å². The monoisotopic (exact) mass is 449 g/mol. The maximum absolute atomic E-state index is 11.8. The summed E-state index contributed by atoms with van der Waals surface area (Å²) in [6.45, 7) is 3.45. The fourth-order valence-corrected chi connectivity index (χ4v) is 4.11. The van der Waals surface area contributed by atoms with Crippen LogP contribution in [-0.4, -0.2) is 31.0 Å². The van der Waals surface area contributed by atoms with Crippen molar-refractivity contribution in [3.63, 3.8) is 0 Å². The van der Waals surface area contributed by atoms with Crippen molar-refractivity contribution in [3.8, 4) is 5.75 Å². The van der Waals surface area contributed by atoms with Crippen molar-refractivity contribution in [3.05, 3.63) is 54.6 Å². The number of hydrogen-bond donors (Lipinski definition) is 4. The average molecular weight is 449 g/mol. The van der Waals surface area contributed by atoms with Crippen LogP contribution in [-0.2, 0) is 20.2 Å². The minimum Gasteiger partial charge on any atom is -0.505 e. The molecular weight excluding hydrogens is 434 g/mol. The normalized spacial score (nSPS) is 12.5. The molecule has 5 N–H and O–H groups in total. The van der Waals surface area contributed by atoms with Crippen molar-refractivity contribution < 1.29 is 31.0 Å². The van der Waals surface area contributed by atoms with Gasteiger partial charge < -0.3 is 10.8 Å². The Hall–Kier alpha value is -3.32. The summed E-state index contributed by atoms with van der Waals surface area (Å²) < 4.78 is 65.5. The number of nitrogens with two attached hydrogens (primary N) is 1. The highest BCUT2D eigenvalue weighted by Gasteiger charge is 2.22. The Labute approximate surface area is 171 Å². The maximum atomic E-state index is 11.8. The van der Waals surface area contributed by atoms with E-state index in [9.17, 15) is 31.0 Å². The molecule has 3 rings (SSSR count). The third-order valence-electron chi connectivity index (χ3n) is 4.12. The van der Waals surface area contributed by atoms with Gasteiger partial charge in [-0.05, 0) is 41.3 Å². The van der Waals surface area contributed by atoms with E-state index in [1.807, 2.05) is 0 Å². The first-order valence-electron chi connectivity index (χ1n) is 8.10. The highest BCUT2D eigenvalue weighted by atomic mass is 32.2. The third kappa shape index (κ3) is 4.16. The van der Waals surface area contributed by atoms with Gasteiger partial charge in [-0.2, -0.15) is 21.9 Å². The van der Waals surface area contributed by atoms with Crippen molar-refractivity contribution in [2.75, 3.05) is 5.73 Å². The van der Waals surface area contributed by atoms with Crippen molar-refractivity contribution in [2.45, 2.75) is 9.79 Å². The van der Waals surface area contributed by atoms with E-state index in [2.05, 4.69) is 16.8 Å². The number of aromatic hydroxyl groups is 1. The fraction of sp³-hybridized carbons (Fsp3) is 0. The first-order chi connectivity index (χ1) is 13.9. The molecule has 0 radical (unpaired) electrons. The molecule has 0 aromatic heterocycles. The smallest absolute Gasteiger partial charge is 0.296 e. The Kier molecular flexibility index (Phi) is 5.34. The minimum atomic E-state index is -4.80. The number of rotatable bonds is 5. The van der Waals surface area contributed by atoms with Gasteiger partial charge in [0, 0.05) is 11.1 Å². The number of hydrogen-bond acceptors (Lipinski definition) is 8. The van der Waals surface area contributed by atoms with Crippen LogP contribution in [0, 0.1) is 0 Å². The molecule has 12 heteroatoms. The molecule has 0 amide bonds. The van der Waals surface area contributed by atoms with Crippen molar-refractivity contribution in [1.82, 2.24) is 0 Å². The molecule has 30 heavy (non-hydrogen) atoms. The maximum Gasteiger partial charge on any atom is 0.296 e.